The number of carbonyl (C=O) groups excluding carboxylic acids is 1. The van der Waals surface area contributed by atoms with Crippen molar-refractivity contribution >= 4 is 11.6 Å². The molecule has 0 saturated carbocycles. The quantitative estimate of drug-likeness (QED) is 0.306. The third-order valence-corrected chi connectivity index (χ3v) is 5.02. The minimum atomic E-state index is -0.273. The van der Waals surface area contributed by atoms with Crippen LogP contribution in [-0.2, 0) is 4.79 Å². The Bertz CT molecular complexity index is 1080. The van der Waals surface area contributed by atoms with E-state index in [-0.39, 0.29) is 12.0 Å². The van der Waals surface area contributed by atoms with Gasteiger partial charge in [0.2, 0.25) is 11.8 Å². The fourth-order valence-electron chi connectivity index (χ4n) is 3.39. The molecule has 166 valence electrons. The number of para-hydroxylation sites is 1. The average molecular weight is 439 g/mol. The second kappa shape index (κ2) is 11.5. The number of hydrogen-bond acceptors (Lipinski definition) is 4. The number of aromatic nitrogens is 1. The third kappa shape index (κ3) is 6.68. The van der Waals surface area contributed by atoms with Crippen molar-refractivity contribution in [1.82, 2.24) is 4.98 Å². The molecule has 5 nitrogen and oxygen atoms in total. The van der Waals surface area contributed by atoms with Gasteiger partial charge in [-0.25, -0.2) is 4.98 Å². The first-order chi connectivity index (χ1) is 16.3. The first-order valence-electron chi connectivity index (χ1n) is 11.0. The molecular weight excluding hydrogens is 412 g/mol. The van der Waals surface area contributed by atoms with Crippen LogP contribution >= 0.6 is 0 Å². The van der Waals surface area contributed by atoms with Crippen LogP contribution in [-0.4, -0.2) is 17.5 Å². The first-order valence-corrected chi connectivity index (χ1v) is 11.0. The van der Waals surface area contributed by atoms with Gasteiger partial charge in [-0.1, -0.05) is 78.9 Å². The Morgan fingerprint density at radius 3 is 1.97 bits per heavy atom. The van der Waals surface area contributed by atoms with Crippen LogP contribution in [0.5, 0.6) is 11.6 Å². The topological polar surface area (TPSA) is 60.5 Å². The summed E-state index contributed by atoms with van der Waals surface area (Å²) >= 11 is 0. The van der Waals surface area contributed by atoms with Gasteiger partial charge in [0, 0.05) is 12.5 Å². The number of hydrogen-bond donors (Lipinski definition) is 1. The van der Waals surface area contributed by atoms with Gasteiger partial charge in [-0.05, 0) is 35.7 Å². The second-order valence-electron chi connectivity index (χ2n) is 7.52. The van der Waals surface area contributed by atoms with E-state index in [9.17, 15) is 4.79 Å². The van der Waals surface area contributed by atoms with Gasteiger partial charge in [-0.2, -0.15) is 0 Å². The summed E-state index contributed by atoms with van der Waals surface area (Å²) < 4.78 is 11.9. The molecular formula is C28H26N2O3. The number of amides is 1. The van der Waals surface area contributed by atoms with Gasteiger partial charge in [-0.15, -0.1) is 0 Å². The lowest BCUT2D eigenvalue weighted by molar-refractivity contribution is -0.116. The average Bonchev–Trinajstić information content (AvgIpc) is 2.88. The van der Waals surface area contributed by atoms with Crippen LogP contribution in [0.4, 0.5) is 5.69 Å². The lowest BCUT2D eigenvalue weighted by atomic mass is 10.0. The summed E-state index contributed by atoms with van der Waals surface area (Å²) in [7, 11) is 0. The predicted octanol–water partition coefficient (Wildman–Crippen LogP) is 6.05. The van der Waals surface area contributed by atoms with Crippen molar-refractivity contribution in [2.24, 2.45) is 0 Å². The molecule has 0 aliphatic carbocycles. The van der Waals surface area contributed by atoms with Gasteiger partial charge < -0.3 is 14.8 Å². The maximum absolute atomic E-state index is 12.2. The van der Waals surface area contributed by atoms with Gasteiger partial charge in [-0.3, -0.25) is 4.79 Å². The number of benzene rings is 3. The van der Waals surface area contributed by atoms with Gasteiger partial charge in [0.15, 0.2) is 6.10 Å². The summed E-state index contributed by atoms with van der Waals surface area (Å²) in [6, 6.07) is 33.2. The Hall–Kier alpha value is -4.12. The molecule has 0 saturated heterocycles. The van der Waals surface area contributed by atoms with E-state index in [0.29, 0.717) is 31.0 Å². The van der Waals surface area contributed by atoms with E-state index in [2.05, 4.69) is 10.3 Å². The lowest BCUT2D eigenvalue weighted by Crippen LogP contribution is -2.13. The summed E-state index contributed by atoms with van der Waals surface area (Å²) in [6.07, 6.45) is 2.34. The standard InChI is InChI=1S/C28H26N2O3/c31-26(17-10-20-32-25-15-8-3-9-16-25)30-24-18-19-27(29-21-24)33-28(22-11-4-1-5-12-22)23-13-6-2-7-14-23/h1-9,11-16,18-19,21,28H,10,17,20H2,(H,30,31). The number of anilines is 1. The van der Waals surface area contributed by atoms with E-state index in [0.717, 1.165) is 16.9 Å². The van der Waals surface area contributed by atoms with Crippen LogP contribution in [0.15, 0.2) is 109 Å². The highest BCUT2D eigenvalue weighted by Gasteiger charge is 2.16. The largest absolute Gasteiger partial charge is 0.494 e. The molecule has 3 aromatic carbocycles. The molecule has 4 aromatic rings. The van der Waals surface area contributed by atoms with E-state index in [1.165, 1.54) is 0 Å². The molecule has 0 atom stereocenters. The fraction of sp³-hybridized carbons (Fsp3) is 0.143. The van der Waals surface area contributed by atoms with Gasteiger partial charge in [0.25, 0.3) is 0 Å². The second-order valence-corrected chi connectivity index (χ2v) is 7.52. The minimum absolute atomic E-state index is 0.0754. The van der Waals surface area contributed by atoms with Crippen LogP contribution in [0.2, 0.25) is 0 Å². The highest BCUT2D eigenvalue weighted by molar-refractivity contribution is 5.90. The monoisotopic (exact) mass is 438 g/mol. The van der Waals surface area contributed by atoms with Crippen molar-refractivity contribution in [3.63, 3.8) is 0 Å². The Balaban J connectivity index is 1.31. The molecule has 0 spiro atoms. The third-order valence-electron chi connectivity index (χ3n) is 5.02. The normalized spacial score (nSPS) is 10.6. The minimum Gasteiger partial charge on any atom is -0.494 e. The van der Waals surface area contributed by atoms with E-state index < -0.39 is 0 Å². The van der Waals surface area contributed by atoms with Crippen LogP contribution in [0, 0.1) is 0 Å². The zero-order valence-electron chi connectivity index (χ0n) is 18.3. The number of carbonyl (C=O) groups is 1. The number of nitrogens with one attached hydrogen (secondary N) is 1. The Morgan fingerprint density at radius 1 is 0.788 bits per heavy atom. The number of pyridine rings is 1. The van der Waals surface area contributed by atoms with Crippen molar-refractivity contribution in [2.75, 3.05) is 11.9 Å². The van der Waals surface area contributed by atoms with E-state index in [1.54, 1.807) is 18.3 Å². The molecule has 1 N–H and O–H groups in total. The van der Waals surface area contributed by atoms with Crippen LogP contribution < -0.4 is 14.8 Å². The number of ether oxygens (including phenoxy) is 2. The fourth-order valence-corrected chi connectivity index (χ4v) is 3.39. The van der Waals surface area contributed by atoms with Crippen molar-refractivity contribution in [2.45, 2.75) is 18.9 Å². The Morgan fingerprint density at radius 2 is 1.39 bits per heavy atom. The molecule has 4 rings (SSSR count). The van der Waals surface area contributed by atoms with Crippen LogP contribution in [0.25, 0.3) is 0 Å². The maximum Gasteiger partial charge on any atom is 0.224 e. The SMILES string of the molecule is O=C(CCCOc1ccccc1)Nc1ccc(OC(c2ccccc2)c2ccccc2)nc1. The molecule has 0 aliphatic heterocycles. The molecule has 33 heavy (non-hydrogen) atoms. The van der Waals surface area contributed by atoms with Crippen LogP contribution in [0.1, 0.15) is 30.1 Å². The highest BCUT2D eigenvalue weighted by atomic mass is 16.5. The number of rotatable bonds is 10. The molecule has 5 heteroatoms. The molecule has 0 aliphatic rings. The predicted molar refractivity (Wildman–Crippen MR) is 129 cm³/mol. The summed E-state index contributed by atoms with van der Waals surface area (Å²) in [5.74, 6) is 1.22. The summed E-state index contributed by atoms with van der Waals surface area (Å²) in [4.78, 5) is 16.6. The summed E-state index contributed by atoms with van der Waals surface area (Å²) in [5.41, 5.74) is 2.72. The van der Waals surface area contributed by atoms with Gasteiger partial charge >= 0.3 is 0 Å². The first kappa shape index (κ1) is 22.1. The lowest BCUT2D eigenvalue weighted by Gasteiger charge is -2.19. The number of nitrogens with zero attached hydrogens (tertiary/aromatic N) is 1. The molecule has 0 bridgehead atoms. The van der Waals surface area contributed by atoms with Gasteiger partial charge in [0.1, 0.15) is 5.75 Å². The zero-order valence-corrected chi connectivity index (χ0v) is 18.3. The van der Waals surface area contributed by atoms with Crippen molar-refractivity contribution in [3.8, 4) is 11.6 Å². The molecule has 0 unspecified atom stereocenters. The van der Waals surface area contributed by atoms with Crippen LogP contribution in [0.3, 0.4) is 0 Å². The molecule has 1 heterocycles. The van der Waals surface area contributed by atoms with Crippen molar-refractivity contribution in [3.05, 3.63) is 120 Å². The molecule has 1 amide bonds. The highest BCUT2D eigenvalue weighted by Crippen LogP contribution is 2.27. The smallest absolute Gasteiger partial charge is 0.224 e. The maximum atomic E-state index is 12.2. The van der Waals surface area contributed by atoms with E-state index in [4.69, 9.17) is 9.47 Å². The Labute approximate surface area is 194 Å². The Kier molecular flexibility index (Phi) is 7.69. The molecule has 0 radical (unpaired) electrons. The van der Waals surface area contributed by atoms with E-state index in [1.807, 2.05) is 91.0 Å². The summed E-state index contributed by atoms with van der Waals surface area (Å²) in [6.45, 7) is 0.489. The van der Waals surface area contributed by atoms with Crippen molar-refractivity contribution in [1.29, 1.82) is 0 Å². The molecule has 0 fully saturated rings. The van der Waals surface area contributed by atoms with Gasteiger partial charge in [0.05, 0.1) is 18.5 Å². The zero-order chi connectivity index (χ0) is 22.7. The summed E-state index contributed by atoms with van der Waals surface area (Å²) in [5, 5.41) is 2.87. The van der Waals surface area contributed by atoms with E-state index >= 15 is 0 Å². The van der Waals surface area contributed by atoms with Crippen molar-refractivity contribution < 1.29 is 14.3 Å². The molecule has 1 aromatic heterocycles.